The smallest absolute Gasteiger partial charge is 0.408 e. The van der Waals surface area contributed by atoms with E-state index in [1.807, 2.05) is 30.3 Å². The van der Waals surface area contributed by atoms with Crippen LogP contribution < -0.4 is 15.4 Å². The van der Waals surface area contributed by atoms with E-state index in [-0.39, 0.29) is 18.7 Å². The number of anilines is 1. The standard InChI is InChI=1S/C34H43N3O6/c1-6-7-11-22-37(32(40)29(23-24-12-9-8-10-13-24)36-33(41)43-34(2,3)4)30(25-14-18-27(38)19-15-25)31(39)35-26-16-20-28(42-5)21-17-26/h8-10,12-21,29-30,38H,6-7,11,22-23H2,1-5H3,(H,35,39)(H,36,41). The Bertz CT molecular complexity index is 1320. The molecule has 3 aromatic rings. The summed E-state index contributed by atoms with van der Waals surface area (Å²) in [6.07, 6.45) is 1.88. The third-order valence-electron chi connectivity index (χ3n) is 6.68. The van der Waals surface area contributed by atoms with Gasteiger partial charge in [0.05, 0.1) is 7.11 Å². The SMILES string of the molecule is CCCCCN(C(=O)C(Cc1ccccc1)NC(=O)OC(C)(C)C)C(C(=O)Nc1ccc(OC)cc1)c1ccc(O)cc1. The molecular weight excluding hydrogens is 546 g/mol. The molecule has 9 heteroatoms. The largest absolute Gasteiger partial charge is 0.508 e. The molecule has 9 nitrogen and oxygen atoms in total. The number of amides is 3. The molecule has 2 unspecified atom stereocenters. The number of phenolic OH excluding ortho intramolecular Hbond substituents is 1. The minimum absolute atomic E-state index is 0.0375. The summed E-state index contributed by atoms with van der Waals surface area (Å²) in [7, 11) is 1.56. The van der Waals surface area contributed by atoms with Crippen LogP contribution in [0.2, 0.25) is 0 Å². The van der Waals surface area contributed by atoms with E-state index in [1.165, 1.54) is 17.0 Å². The van der Waals surface area contributed by atoms with Gasteiger partial charge in [0, 0.05) is 18.7 Å². The maximum absolute atomic E-state index is 14.5. The first kappa shape index (κ1) is 33.0. The lowest BCUT2D eigenvalue weighted by atomic mass is 9.99. The maximum atomic E-state index is 14.5. The predicted octanol–water partition coefficient (Wildman–Crippen LogP) is 6.24. The van der Waals surface area contributed by atoms with Crippen molar-refractivity contribution in [1.82, 2.24) is 10.2 Å². The highest BCUT2D eigenvalue weighted by Gasteiger charge is 2.36. The van der Waals surface area contributed by atoms with Crippen molar-refractivity contribution in [3.05, 3.63) is 90.0 Å². The topological polar surface area (TPSA) is 117 Å². The summed E-state index contributed by atoms with van der Waals surface area (Å²) >= 11 is 0. The zero-order valence-electron chi connectivity index (χ0n) is 25.6. The molecular formula is C34H43N3O6. The van der Waals surface area contributed by atoms with Crippen LogP contribution in [0.3, 0.4) is 0 Å². The lowest BCUT2D eigenvalue weighted by molar-refractivity contribution is -0.140. The molecule has 0 fully saturated rings. The van der Waals surface area contributed by atoms with E-state index in [0.29, 0.717) is 23.4 Å². The Balaban J connectivity index is 2.04. The first-order valence-electron chi connectivity index (χ1n) is 14.6. The fourth-order valence-electron chi connectivity index (χ4n) is 4.61. The van der Waals surface area contributed by atoms with Crippen molar-refractivity contribution < 1.29 is 29.0 Å². The molecule has 2 atom stereocenters. The highest BCUT2D eigenvalue weighted by atomic mass is 16.6. The summed E-state index contributed by atoms with van der Waals surface area (Å²) in [6.45, 7) is 7.59. The molecule has 3 N–H and O–H groups in total. The number of unbranched alkanes of at least 4 members (excludes halogenated alkanes) is 2. The molecule has 3 rings (SSSR count). The summed E-state index contributed by atoms with van der Waals surface area (Å²) in [5.74, 6) is -0.179. The Hall–Kier alpha value is -4.53. The fraction of sp³-hybridized carbons (Fsp3) is 0.382. The van der Waals surface area contributed by atoms with Crippen molar-refractivity contribution in [3.63, 3.8) is 0 Å². The van der Waals surface area contributed by atoms with Gasteiger partial charge in [-0.15, -0.1) is 0 Å². The number of methoxy groups -OCH3 is 1. The lowest BCUT2D eigenvalue weighted by Crippen LogP contribution is -2.53. The predicted molar refractivity (Wildman–Crippen MR) is 167 cm³/mol. The number of carbonyl (C=O) groups is 3. The summed E-state index contributed by atoms with van der Waals surface area (Å²) in [6, 6.07) is 20.4. The number of nitrogens with one attached hydrogen (secondary N) is 2. The minimum atomic E-state index is -1.05. The second-order valence-electron chi connectivity index (χ2n) is 11.3. The Morgan fingerprint density at radius 3 is 2.14 bits per heavy atom. The second-order valence-corrected chi connectivity index (χ2v) is 11.3. The second kappa shape index (κ2) is 15.6. The van der Waals surface area contributed by atoms with Gasteiger partial charge < -0.3 is 30.1 Å². The van der Waals surface area contributed by atoms with E-state index in [1.54, 1.807) is 64.3 Å². The molecule has 0 bridgehead atoms. The molecule has 0 spiro atoms. The highest BCUT2D eigenvalue weighted by Crippen LogP contribution is 2.27. The maximum Gasteiger partial charge on any atom is 0.408 e. The van der Waals surface area contributed by atoms with Crippen LogP contribution in [-0.2, 0) is 20.7 Å². The van der Waals surface area contributed by atoms with Crippen molar-refractivity contribution >= 4 is 23.6 Å². The van der Waals surface area contributed by atoms with Gasteiger partial charge in [-0.3, -0.25) is 9.59 Å². The molecule has 230 valence electrons. The molecule has 0 aliphatic rings. The molecule has 0 aliphatic heterocycles. The van der Waals surface area contributed by atoms with Gasteiger partial charge in [-0.2, -0.15) is 0 Å². The molecule has 3 amide bonds. The van der Waals surface area contributed by atoms with E-state index in [2.05, 4.69) is 17.6 Å². The first-order valence-corrected chi connectivity index (χ1v) is 14.6. The van der Waals surface area contributed by atoms with Crippen LogP contribution in [0.4, 0.5) is 10.5 Å². The van der Waals surface area contributed by atoms with Gasteiger partial charge in [0.2, 0.25) is 5.91 Å². The van der Waals surface area contributed by atoms with E-state index in [4.69, 9.17) is 9.47 Å². The molecule has 0 aromatic heterocycles. The number of nitrogens with zero attached hydrogens (tertiary/aromatic N) is 1. The van der Waals surface area contributed by atoms with Crippen molar-refractivity contribution in [2.24, 2.45) is 0 Å². The molecule has 0 radical (unpaired) electrons. The van der Waals surface area contributed by atoms with Gasteiger partial charge >= 0.3 is 6.09 Å². The summed E-state index contributed by atoms with van der Waals surface area (Å²) in [4.78, 5) is 42.9. The van der Waals surface area contributed by atoms with Gasteiger partial charge in [0.25, 0.3) is 5.91 Å². The van der Waals surface area contributed by atoms with Gasteiger partial charge in [-0.25, -0.2) is 4.79 Å². The molecule has 0 heterocycles. The number of carbonyl (C=O) groups excluding carboxylic acids is 3. The molecule has 0 aliphatic carbocycles. The van der Waals surface area contributed by atoms with Crippen molar-refractivity contribution in [2.75, 3.05) is 19.0 Å². The number of phenols is 1. The van der Waals surface area contributed by atoms with Crippen LogP contribution in [0, 0.1) is 0 Å². The number of aromatic hydroxyl groups is 1. The average Bonchev–Trinajstić information content (AvgIpc) is 2.97. The van der Waals surface area contributed by atoms with E-state index >= 15 is 0 Å². The number of ether oxygens (including phenoxy) is 2. The van der Waals surface area contributed by atoms with Crippen LogP contribution in [0.5, 0.6) is 11.5 Å². The van der Waals surface area contributed by atoms with Gasteiger partial charge in [-0.05, 0) is 74.7 Å². The lowest BCUT2D eigenvalue weighted by Gasteiger charge is -2.34. The minimum Gasteiger partial charge on any atom is -0.508 e. The number of benzene rings is 3. The first-order chi connectivity index (χ1) is 20.5. The molecule has 0 saturated carbocycles. The van der Waals surface area contributed by atoms with Crippen LogP contribution >= 0.6 is 0 Å². The van der Waals surface area contributed by atoms with Crippen LogP contribution in [0.15, 0.2) is 78.9 Å². The fourth-order valence-corrected chi connectivity index (χ4v) is 4.61. The Morgan fingerprint density at radius 2 is 1.56 bits per heavy atom. The normalized spacial score (nSPS) is 12.5. The Labute approximate surface area is 254 Å². The van der Waals surface area contributed by atoms with Gasteiger partial charge in [0.15, 0.2) is 0 Å². The van der Waals surface area contributed by atoms with Gasteiger partial charge in [-0.1, -0.05) is 62.2 Å². The summed E-state index contributed by atoms with van der Waals surface area (Å²) in [5.41, 5.74) is 1.12. The third-order valence-corrected chi connectivity index (χ3v) is 6.68. The summed E-state index contributed by atoms with van der Waals surface area (Å²) in [5, 5.41) is 15.7. The third kappa shape index (κ3) is 10.4. The Kier molecular flexibility index (Phi) is 12.0. The average molecular weight is 590 g/mol. The number of hydrogen-bond acceptors (Lipinski definition) is 6. The van der Waals surface area contributed by atoms with Crippen LogP contribution in [0.1, 0.15) is 64.1 Å². The molecule has 0 saturated heterocycles. The number of hydrogen-bond donors (Lipinski definition) is 3. The van der Waals surface area contributed by atoms with E-state index < -0.39 is 35.6 Å². The van der Waals surface area contributed by atoms with Crippen LogP contribution in [-0.4, -0.2) is 53.2 Å². The van der Waals surface area contributed by atoms with E-state index in [9.17, 15) is 19.5 Å². The van der Waals surface area contributed by atoms with Crippen LogP contribution in [0.25, 0.3) is 0 Å². The zero-order valence-corrected chi connectivity index (χ0v) is 25.6. The van der Waals surface area contributed by atoms with Crippen molar-refractivity contribution in [3.8, 4) is 11.5 Å². The van der Waals surface area contributed by atoms with E-state index in [0.717, 1.165) is 18.4 Å². The quantitative estimate of drug-likeness (QED) is 0.203. The van der Waals surface area contributed by atoms with Gasteiger partial charge in [0.1, 0.15) is 29.2 Å². The zero-order chi connectivity index (χ0) is 31.4. The van der Waals surface area contributed by atoms with Crippen molar-refractivity contribution in [1.29, 1.82) is 0 Å². The Morgan fingerprint density at radius 1 is 0.907 bits per heavy atom. The molecule has 43 heavy (non-hydrogen) atoms. The number of alkyl carbamates (subject to hydrolysis) is 1. The monoisotopic (exact) mass is 589 g/mol. The number of rotatable bonds is 13. The highest BCUT2D eigenvalue weighted by molar-refractivity contribution is 5.99. The summed E-state index contributed by atoms with van der Waals surface area (Å²) < 4.78 is 10.7. The molecule has 3 aromatic carbocycles. The van der Waals surface area contributed by atoms with Crippen molar-refractivity contribution in [2.45, 2.75) is 71.1 Å².